The van der Waals surface area contributed by atoms with Crippen molar-refractivity contribution >= 4 is 39.3 Å². The van der Waals surface area contributed by atoms with Gasteiger partial charge in [-0.1, -0.05) is 49.9 Å². The zero-order valence-corrected chi connectivity index (χ0v) is 19.5. The Labute approximate surface area is 193 Å². The van der Waals surface area contributed by atoms with E-state index in [0.29, 0.717) is 51.3 Å². The molecule has 5 rings (SSSR count). The highest BCUT2D eigenvalue weighted by atomic mass is 32.2. The summed E-state index contributed by atoms with van der Waals surface area (Å²) in [6, 6.07) is 14.9. The maximum absolute atomic E-state index is 13.2. The van der Waals surface area contributed by atoms with E-state index in [2.05, 4.69) is 24.0 Å². The summed E-state index contributed by atoms with van der Waals surface area (Å²) in [5.41, 5.74) is 1.32. The first kappa shape index (κ1) is 21.4. The van der Waals surface area contributed by atoms with Crippen molar-refractivity contribution in [1.82, 2.24) is 28.7 Å². The van der Waals surface area contributed by atoms with Crippen LogP contribution in [0.5, 0.6) is 0 Å². The second kappa shape index (κ2) is 8.47. The molecule has 0 aliphatic carbocycles. The lowest BCUT2D eigenvalue weighted by molar-refractivity contribution is 0.481. The first-order valence-corrected chi connectivity index (χ1v) is 11.9. The molecule has 0 radical (unpaired) electrons. The predicted molar refractivity (Wildman–Crippen MR) is 131 cm³/mol. The fraction of sp³-hybridized carbons (Fsp3) is 0.292. The lowest BCUT2D eigenvalue weighted by atomic mass is 10.1. The van der Waals surface area contributed by atoms with Crippen LogP contribution in [0.2, 0.25) is 0 Å². The number of hydrogen-bond donors (Lipinski definition) is 0. The third kappa shape index (κ3) is 3.72. The van der Waals surface area contributed by atoms with Gasteiger partial charge in [-0.15, -0.1) is 10.2 Å². The third-order valence-electron chi connectivity index (χ3n) is 5.78. The molecule has 8 nitrogen and oxygen atoms in total. The van der Waals surface area contributed by atoms with Crippen LogP contribution in [-0.4, -0.2) is 28.7 Å². The highest BCUT2D eigenvalue weighted by Crippen LogP contribution is 2.24. The fourth-order valence-corrected chi connectivity index (χ4v) is 4.89. The number of benzene rings is 2. The molecular formula is C24H24N6O2S. The Bertz CT molecular complexity index is 1620. The summed E-state index contributed by atoms with van der Waals surface area (Å²) in [4.78, 5) is 30.7. The maximum Gasteiger partial charge on any atom is 0.262 e. The zero-order valence-electron chi connectivity index (χ0n) is 18.7. The molecule has 5 aromatic rings. The van der Waals surface area contributed by atoms with Crippen LogP contribution in [-0.2, 0) is 19.3 Å². The standard InChI is InChI=1S/C24H24N6O2S/c1-15(2)12-13-29-22(32)16-8-4-6-10-18(16)25-24(29)33-14-20-26-27-23-28(3)21(31)17-9-5-7-11-19(17)30(20)23/h4-11,15H,12-14H2,1-3H3. The van der Waals surface area contributed by atoms with E-state index in [4.69, 9.17) is 4.98 Å². The number of fused-ring (bicyclic) bond motifs is 4. The lowest BCUT2D eigenvalue weighted by Crippen LogP contribution is -2.24. The Morgan fingerprint density at radius 1 is 0.939 bits per heavy atom. The molecule has 3 aromatic heterocycles. The van der Waals surface area contributed by atoms with E-state index in [0.717, 1.165) is 11.9 Å². The molecule has 0 bridgehead atoms. The molecule has 3 heterocycles. The zero-order chi connectivity index (χ0) is 23.1. The normalized spacial score (nSPS) is 11.9. The maximum atomic E-state index is 13.2. The largest absolute Gasteiger partial charge is 0.287 e. The van der Waals surface area contributed by atoms with Crippen molar-refractivity contribution in [1.29, 1.82) is 0 Å². The summed E-state index contributed by atoms with van der Waals surface area (Å²) in [5, 5.41) is 10.5. The van der Waals surface area contributed by atoms with Gasteiger partial charge in [0.15, 0.2) is 5.16 Å². The van der Waals surface area contributed by atoms with Crippen molar-refractivity contribution in [2.75, 3.05) is 0 Å². The van der Waals surface area contributed by atoms with Gasteiger partial charge in [-0.2, -0.15) is 0 Å². The first-order valence-electron chi connectivity index (χ1n) is 10.9. The van der Waals surface area contributed by atoms with Crippen molar-refractivity contribution in [3.63, 3.8) is 0 Å². The summed E-state index contributed by atoms with van der Waals surface area (Å²) in [5.74, 6) is 2.10. The van der Waals surface area contributed by atoms with Gasteiger partial charge in [0.2, 0.25) is 5.78 Å². The third-order valence-corrected chi connectivity index (χ3v) is 6.75. The van der Waals surface area contributed by atoms with Crippen molar-refractivity contribution in [3.05, 3.63) is 75.1 Å². The van der Waals surface area contributed by atoms with E-state index >= 15 is 0 Å². The van der Waals surface area contributed by atoms with E-state index in [-0.39, 0.29) is 11.1 Å². The molecule has 168 valence electrons. The first-order chi connectivity index (χ1) is 16.0. The van der Waals surface area contributed by atoms with E-state index in [1.54, 1.807) is 11.6 Å². The molecule has 33 heavy (non-hydrogen) atoms. The molecule has 0 fully saturated rings. The van der Waals surface area contributed by atoms with Gasteiger partial charge in [-0.3, -0.25) is 23.1 Å². The van der Waals surface area contributed by atoms with Gasteiger partial charge >= 0.3 is 0 Å². The summed E-state index contributed by atoms with van der Waals surface area (Å²) in [6.07, 6.45) is 0.883. The second-order valence-corrected chi connectivity index (χ2v) is 9.41. The Morgan fingerprint density at radius 3 is 2.45 bits per heavy atom. The average molecular weight is 461 g/mol. The molecule has 0 atom stereocenters. The monoisotopic (exact) mass is 460 g/mol. The van der Waals surface area contributed by atoms with Crippen LogP contribution in [0.3, 0.4) is 0 Å². The number of thioether (sulfide) groups is 1. The topological polar surface area (TPSA) is 87.1 Å². The van der Waals surface area contributed by atoms with Crippen molar-refractivity contribution < 1.29 is 0 Å². The minimum Gasteiger partial charge on any atom is -0.287 e. The van der Waals surface area contributed by atoms with Crippen LogP contribution < -0.4 is 11.1 Å². The van der Waals surface area contributed by atoms with Crippen molar-refractivity contribution in [2.24, 2.45) is 13.0 Å². The Kier molecular flexibility index (Phi) is 5.49. The summed E-state index contributed by atoms with van der Waals surface area (Å²) in [7, 11) is 1.70. The second-order valence-electron chi connectivity index (χ2n) is 8.47. The van der Waals surface area contributed by atoms with E-state index < -0.39 is 0 Å². The van der Waals surface area contributed by atoms with Gasteiger partial charge in [0.1, 0.15) is 5.82 Å². The predicted octanol–water partition coefficient (Wildman–Crippen LogP) is 3.63. The summed E-state index contributed by atoms with van der Waals surface area (Å²) < 4.78 is 5.18. The lowest BCUT2D eigenvalue weighted by Gasteiger charge is -2.14. The molecular weight excluding hydrogens is 436 g/mol. The molecule has 0 aliphatic heterocycles. The molecule has 2 aromatic carbocycles. The highest BCUT2D eigenvalue weighted by molar-refractivity contribution is 7.98. The van der Waals surface area contributed by atoms with Gasteiger partial charge in [0, 0.05) is 13.6 Å². The van der Waals surface area contributed by atoms with Crippen LogP contribution in [0.25, 0.3) is 27.6 Å². The van der Waals surface area contributed by atoms with E-state index in [1.807, 2.05) is 52.9 Å². The van der Waals surface area contributed by atoms with Crippen LogP contribution >= 0.6 is 11.8 Å². The van der Waals surface area contributed by atoms with Crippen LogP contribution in [0.15, 0.2) is 63.3 Å². The van der Waals surface area contributed by atoms with Crippen LogP contribution in [0.1, 0.15) is 26.1 Å². The molecule has 0 N–H and O–H groups in total. The molecule has 0 saturated carbocycles. The van der Waals surface area contributed by atoms with Gasteiger partial charge in [0.05, 0.1) is 27.6 Å². The quantitative estimate of drug-likeness (QED) is 0.284. The number of aryl methyl sites for hydroxylation is 1. The molecule has 0 spiro atoms. The van der Waals surface area contributed by atoms with Crippen LogP contribution in [0, 0.1) is 5.92 Å². The van der Waals surface area contributed by atoms with Crippen molar-refractivity contribution in [3.8, 4) is 0 Å². The van der Waals surface area contributed by atoms with Gasteiger partial charge in [0.25, 0.3) is 11.1 Å². The minimum atomic E-state index is -0.108. The van der Waals surface area contributed by atoms with Crippen molar-refractivity contribution in [2.45, 2.75) is 37.7 Å². The number of hydrogen-bond acceptors (Lipinski definition) is 6. The van der Waals surface area contributed by atoms with Gasteiger partial charge in [-0.25, -0.2) is 4.98 Å². The number of para-hydroxylation sites is 2. The number of aromatic nitrogens is 6. The SMILES string of the molecule is CC(C)CCn1c(SCc2nnc3n(C)c(=O)c4ccccc4n23)nc2ccccc2c1=O. The highest BCUT2D eigenvalue weighted by Gasteiger charge is 2.17. The molecule has 0 unspecified atom stereocenters. The molecule has 9 heteroatoms. The van der Waals surface area contributed by atoms with Gasteiger partial charge < -0.3 is 0 Å². The summed E-state index contributed by atoms with van der Waals surface area (Å²) in [6.45, 7) is 4.89. The van der Waals surface area contributed by atoms with Crippen LogP contribution in [0.4, 0.5) is 0 Å². The van der Waals surface area contributed by atoms with Gasteiger partial charge in [-0.05, 0) is 36.6 Å². The summed E-state index contributed by atoms with van der Waals surface area (Å²) >= 11 is 1.46. The fourth-order valence-electron chi connectivity index (χ4n) is 3.96. The number of nitrogens with zero attached hydrogens (tertiary/aromatic N) is 6. The smallest absolute Gasteiger partial charge is 0.262 e. The molecule has 0 saturated heterocycles. The van der Waals surface area contributed by atoms with E-state index in [1.165, 1.54) is 16.3 Å². The average Bonchev–Trinajstić information content (AvgIpc) is 3.25. The molecule has 0 aliphatic rings. The Morgan fingerprint density at radius 2 is 1.67 bits per heavy atom. The minimum absolute atomic E-state index is 0.0253. The molecule has 0 amide bonds. The Hall–Kier alpha value is -3.46. The Balaban J connectivity index is 1.60. The van der Waals surface area contributed by atoms with E-state index in [9.17, 15) is 9.59 Å². The number of rotatable bonds is 6.